The molecular weight excluding hydrogens is 399 g/mol. The highest BCUT2D eigenvalue weighted by atomic mass is 19.4. The van der Waals surface area contributed by atoms with Crippen LogP contribution in [0.25, 0.3) is 0 Å². The summed E-state index contributed by atoms with van der Waals surface area (Å²) in [6, 6.07) is 10.5. The van der Waals surface area contributed by atoms with Crippen LogP contribution in [0.2, 0.25) is 0 Å². The molecule has 1 unspecified atom stereocenters. The molecule has 9 heteroatoms. The number of carbonyl (C=O) groups excluding carboxylic acids is 1. The molecule has 1 atom stereocenters. The normalized spacial score (nSPS) is 17.6. The fraction of sp³-hybridized carbons (Fsp3) is 0.238. The minimum atomic E-state index is -4.40. The fourth-order valence-corrected chi connectivity index (χ4v) is 3.80. The molecule has 5 rings (SSSR count). The van der Waals surface area contributed by atoms with Crippen LogP contribution in [0.3, 0.4) is 0 Å². The van der Waals surface area contributed by atoms with Crippen molar-refractivity contribution in [3.05, 3.63) is 70.9 Å². The minimum absolute atomic E-state index is 0.147. The predicted molar refractivity (Wildman–Crippen MR) is 100 cm³/mol. The van der Waals surface area contributed by atoms with Crippen LogP contribution in [-0.4, -0.2) is 22.5 Å². The summed E-state index contributed by atoms with van der Waals surface area (Å²) in [4.78, 5) is 12.3. The molecule has 2 aliphatic rings. The van der Waals surface area contributed by atoms with E-state index in [1.165, 1.54) is 12.1 Å². The van der Waals surface area contributed by atoms with Gasteiger partial charge in [-0.2, -0.15) is 18.3 Å². The maximum atomic E-state index is 12.9. The molecular formula is C21H16F3N3O3. The number of halogens is 3. The van der Waals surface area contributed by atoms with Gasteiger partial charge < -0.3 is 14.8 Å². The number of nitrogens with zero attached hydrogens (tertiary/aromatic N) is 2. The zero-order valence-electron chi connectivity index (χ0n) is 15.6. The van der Waals surface area contributed by atoms with Gasteiger partial charge in [0, 0.05) is 17.9 Å². The molecule has 3 heterocycles. The molecule has 1 N–H and O–H groups in total. The third kappa shape index (κ3) is 3.26. The number of ether oxygens (including phenoxy) is 2. The summed E-state index contributed by atoms with van der Waals surface area (Å²) in [5, 5.41) is 7.25. The van der Waals surface area contributed by atoms with E-state index in [9.17, 15) is 18.0 Å². The van der Waals surface area contributed by atoms with Crippen molar-refractivity contribution >= 4 is 11.7 Å². The second-order valence-corrected chi connectivity index (χ2v) is 7.22. The van der Waals surface area contributed by atoms with E-state index in [2.05, 4.69) is 10.4 Å². The average molecular weight is 415 g/mol. The van der Waals surface area contributed by atoms with Crippen molar-refractivity contribution in [2.75, 3.05) is 12.1 Å². The number of anilines is 1. The first kappa shape index (κ1) is 18.5. The summed E-state index contributed by atoms with van der Waals surface area (Å²) in [6.07, 6.45) is -2.60. The lowest BCUT2D eigenvalue weighted by Crippen LogP contribution is -2.25. The van der Waals surface area contributed by atoms with Crippen molar-refractivity contribution in [2.24, 2.45) is 0 Å². The number of nitrogens with one attached hydrogen (secondary N) is 1. The summed E-state index contributed by atoms with van der Waals surface area (Å²) in [7, 11) is 0. The number of hydrogen-bond acceptors (Lipinski definition) is 4. The van der Waals surface area contributed by atoms with Crippen LogP contribution >= 0.6 is 0 Å². The lowest BCUT2D eigenvalue weighted by Gasteiger charge is -2.24. The first-order valence-electron chi connectivity index (χ1n) is 9.30. The number of benzene rings is 2. The standard InChI is InChI=1S/C21H16F3N3O3/c22-21(23,24)14-4-2-13(3-5-14)15-8-19(28)26-20-16(15)9-25-27(20)10-12-1-6-17-18(7-12)30-11-29-17/h1-7,9,15H,8,10-11H2,(H,26,28). The van der Waals surface area contributed by atoms with Crippen molar-refractivity contribution in [1.29, 1.82) is 0 Å². The molecule has 1 aromatic heterocycles. The second-order valence-electron chi connectivity index (χ2n) is 7.22. The van der Waals surface area contributed by atoms with Crippen LogP contribution in [-0.2, 0) is 17.5 Å². The molecule has 0 aliphatic carbocycles. The molecule has 0 radical (unpaired) electrons. The first-order valence-corrected chi connectivity index (χ1v) is 9.30. The van der Waals surface area contributed by atoms with Crippen LogP contribution < -0.4 is 14.8 Å². The largest absolute Gasteiger partial charge is 0.454 e. The Morgan fingerprint density at radius 1 is 1.10 bits per heavy atom. The van der Waals surface area contributed by atoms with Crippen LogP contribution in [0.15, 0.2) is 48.7 Å². The number of rotatable bonds is 3. The van der Waals surface area contributed by atoms with Gasteiger partial charge in [-0.15, -0.1) is 0 Å². The quantitative estimate of drug-likeness (QED) is 0.698. The fourth-order valence-electron chi connectivity index (χ4n) is 3.80. The Bertz CT molecular complexity index is 1120. The van der Waals surface area contributed by atoms with E-state index in [-0.39, 0.29) is 25.0 Å². The lowest BCUT2D eigenvalue weighted by molar-refractivity contribution is -0.137. The van der Waals surface area contributed by atoms with Crippen LogP contribution in [0.4, 0.5) is 19.0 Å². The Labute approximate surface area is 169 Å². The van der Waals surface area contributed by atoms with Gasteiger partial charge in [0.25, 0.3) is 0 Å². The predicted octanol–water partition coefficient (Wildman–Crippen LogP) is 4.15. The van der Waals surface area contributed by atoms with Gasteiger partial charge >= 0.3 is 6.18 Å². The van der Waals surface area contributed by atoms with E-state index in [4.69, 9.17) is 9.47 Å². The van der Waals surface area contributed by atoms with Crippen molar-refractivity contribution < 1.29 is 27.4 Å². The van der Waals surface area contributed by atoms with Gasteiger partial charge in [0.1, 0.15) is 5.82 Å². The molecule has 0 spiro atoms. The maximum Gasteiger partial charge on any atom is 0.416 e. The number of amides is 1. The van der Waals surface area contributed by atoms with E-state index in [0.717, 1.165) is 23.3 Å². The van der Waals surface area contributed by atoms with Crippen molar-refractivity contribution in [3.8, 4) is 11.5 Å². The van der Waals surface area contributed by atoms with Crippen LogP contribution in [0.1, 0.15) is 34.6 Å². The van der Waals surface area contributed by atoms with E-state index < -0.39 is 11.7 Å². The van der Waals surface area contributed by atoms with Crippen LogP contribution in [0, 0.1) is 0 Å². The molecule has 30 heavy (non-hydrogen) atoms. The number of carbonyl (C=O) groups is 1. The third-order valence-electron chi connectivity index (χ3n) is 5.30. The van der Waals surface area contributed by atoms with E-state index in [1.54, 1.807) is 10.9 Å². The molecule has 2 aliphatic heterocycles. The molecule has 0 fully saturated rings. The maximum absolute atomic E-state index is 12.9. The minimum Gasteiger partial charge on any atom is -0.454 e. The SMILES string of the molecule is O=C1CC(c2ccc(C(F)(F)F)cc2)c2cnn(Cc3ccc4c(c3)OCO4)c2N1. The number of alkyl halides is 3. The zero-order chi connectivity index (χ0) is 20.9. The molecule has 0 bridgehead atoms. The van der Waals surface area contributed by atoms with Gasteiger partial charge in [0.05, 0.1) is 18.3 Å². The topological polar surface area (TPSA) is 65.4 Å². The van der Waals surface area contributed by atoms with Crippen molar-refractivity contribution in [3.63, 3.8) is 0 Å². The van der Waals surface area contributed by atoms with Gasteiger partial charge in [-0.05, 0) is 35.4 Å². The summed E-state index contributed by atoms with van der Waals surface area (Å²) in [6.45, 7) is 0.576. The Balaban J connectivity index is 1.45. The monoisotopic (exact) mass is 415 g/mol. The highest BCUT2D eigenvalue weighted by Crippen LogP contribution is 2.39. The molecule has 0 saturated carbocycles. The molecule has 1 amide bonds. The van der Waals surface area contributed by atoms with Crippen molar-refractivity contribution in [2.45, 2.75) is 25.1 Å². The smallest absolute Gasteiger partial charge is 0.416 e. The summed E-state index contributed by atoms with van der Waals surface area (Å²) >= 11 is 0. The third-order valence-corrected chi connectivity index (χ3v) is 5.30. The van der Waals surface area contributed by atoms with Crippen molar-refractivity contribution in [1.82, 2.24) is 9.78 Å². The van der Waals surface area contributed by atoms with Gasteiger partial charge in [-0.3, -0.25) is 4.79 Å². The van der Waals surface area contributed by atoms with E-state index in [1.807, 2.05) is 18.2 Å². The summed E-state index contributed by atoms with van der Waals surface area (Å²) in [5.41, 5.74) is 1.61. The van der Waals surface area contributed by atoms with E-state index in [0.29, 0.717) is 29.4 Å². The lowest BCUT2D eigenvalue weighted by atomic mass is 9.87. The highest BCUT2D eigenvalue weighted by Gasteiger charge is 2.33. The van der Waals surface area contributed by atoms with Gasteiger partial charge in [-0.25, -0.2) is 4.68 Å². The van der Waals surface area contributed by atoms with E-state index >= 15 is 0 Å². The number of hydrogen-bond donors (Lipinski definition) is 1. The first-order chi connectivity index (χ1) is 14.4. The summed E-state index contributed by atoms with van der Waals surface area (Å²) < 4.78 is 51.0. The highest BCUT2D eigenvalue weighted by molar-refractivity contribution is 5.94. The van der Waals surface area contributed by atoms with Gasteiger partial charge in [0.15, 0.2) is 11.5 Å². The van der Waals surface area contributed by atoms with Crippen LogP contribution in [0.5, 0.6) is 11.5 Å². The molecule has 6 nitrogen and oxygen atoms in total. The Morgan fingerprint density at radius 2 is 1.87 bits per heavy atom. The molecule has 154 valence electrons. The zero-order valence-corrected chi connectivity index (χ0v) is 15.6. The summed E-state index contributed by atoms with van der Waals surface area (Å²) in [5.74, 6) is 1.31. The number of fused-ring (bicyclic) bond motifs is 2. The molecule has 3 aromatic rings. The molecule has 2 aromatic carbocycles. The van der Waals surface area contributed by atoms with Gasteiger partial charge in [0.2, 0.25) is 12.7 Å². The molecule has 0 saturated heterocycles. The Morgan fingerprint density at radius 3 is 2.63 bits per heavy atom. The Kier molecular flexibility index (Phi) is 4.19. The average Bonchev–Trinajstić information content (AvgIpc) is 3.34. The Hall–Kier alpha value is -3.49. The number of aromatic nitrogens is 2. The second kappa shape index (κ2) is 6.79. The van der Waals surface area contributed by atoms with Gasteiger partial charge in [-0.1, -0.05) is 18.2 Å².